The largest absolute Gasteiger partial charge is 0.495 e. The zero-order valence-corrected chi connectivity index (χ0v) is 16.1. The predicted molar refractivity (Wildman–Crippen MR) is 99.0 cm³/mol. The van der Waals surface area contributed by atoms with E-state index in [2.05, 4.69) is 5.32 Å². The van der Waals surface area contributed by atoms with E-state index < -0.39 is 0 Å². The third-order valence-electron chi connectivity index (χ3n) is 4.24. The van der Waals surface area contributed by atoms with Gasteiger partial charge in [-0.05, 0) is 32.4 Å². The number of nitrogens with zero attached hydrogens (tertiary/aromatic N) is 1. The van der Waals surface area contributed by atoms with Gasteiger partial charge in [0.15, 0.2) is 0 Å². The van der Waals surface area contributed by atoms with Crippen LogP contribution >= 0.6 is 11.6 Å². The maximum Gasteiger partial charge on any atom is 0.310 e. The number of esters is 1. The van der Waals surface area contributed by atoms with Crippen LogP contribution in [0, 0.1) is 5.92 Å². The van der Waals surface area contributed by atoms with Crippen molar-refractivity contribution in [3.63, 3.8) is 0 Å². The smallest absolute Gasteiger partial charge is 0.310 e. The van der Waals surface area contributed by atoms with Crippen molar-refractivity contribution in [3.8, 4) is 11.5 Å². The maximum absolute atomic E-state index is 12.4. The number of anilines is 1. The van der Waals surface area contributed by atoms with Crippen LogP contribution in [0.25, 0.3) is 0 Å². The van der Waals surface area contributed by atoms with Crippen molar-refractivity contribution in [1.82, 2.24) is 4.90 Å². The minimum absolute atomic E-state index is 0.179. The quantitative estimate of drug-likeness (QED) is 0.728. The monoisotopic (exact) mass is 384 g/mol. The lowest BCUT2D eigenvalue weighted by Gasteiger charge is -2.30. The number of halogens is 1. The average molecular weight is 385 g/mol. The molecule has 1 unspecified atom stereocenters. The van der Waals surface area contributed by atoms with Gasteiger partial charge in [-0.15, -0.1) is 0 Å². The number of nitrogens with one attached hydrogen (secondary N) is 1. The van der Waals surface area contributed by atoms with Gasteiger partial charge in [0.1, 0.15) is 11.5 Å². The lowest BCUT2D eigenvalue weighted by Crippen LogP contribution is -2.43. The number of carbonyl (C=O) groups excluding carboxylic acids is 2. The van der Waals surface area contributed by atoms with Crippen LogP contribution in [-0.4, -0.2) is 57.2 Å². The molecule has 1 aliphatic rings. The van der Waals surface area contributed by atoms with Crippen LogP contribution in [0.2, 0.25) is 5.02 Å². The molecule has 7 nitrogen and oxygen atoms in total. The molecule has 0 saturated carbocycles. The Morgan fingerprint density at radius 3 is 2.65 bits per heavy atom. The van der Waals surface area contributed by atoms with E-state index in [4.69, 9.17) is 25.8 Å². The molecule has 26 heavy (non-hydrogen) atoms. The Morgan fingerprint density at radius 1 is 1.27 bits per heavy atom. The number of hydrogen-bond acceptors (Lipinski definition) is 6. The molecular weight excluding hydrogens is 360 g/mol. The second-order valence-electron chi connectivity index (χ2n) is 6.06. The Labute approximate surface area is 158 Å². The van der Waals surface area contributed by atoms with Crippen molar-refractivity contribution >= 4 is 29.2 Å². The van der Waals surface area contributed by atoms with Crippen LogP contribution in [0.4, 0.5) is 5.69 Å². The fourth-order valence-corrected chi connectivity index (χ4v) is 3.24. The predicted octanol–water partition coefficient (Wildman–Crippen LogP) is 2.57. The minimum Gasteiger partial charge on any atom is -0.495 e. The molecule has 1 amide bonds. The molecule has 1 fully saturated rings. The Kier molecular flexibility index (Phi) is 7.53. The molecule has 1 aromatic rings. The molecule has 1 aliphatic heterocycles. The molecule has 0 radical (unpaired) electrons. The van der Waals surface area contributed by atoms with Gasteiger partial charge in [0.25, 0.3) is 0 Å². The van der Waals surface area contributed by atoms with E-state index in [-0.39, 0.29) is 24.3 Å². The van der Waals surface area contributed by atoms with Gasteiger partial charge in [-0.1, -0.05) is 11.6 Å². The molecule has 1 saturated heterocycles. The molecule has 1 heterocycles. The molecule has 0 aromatic heterocycles. The summed E-state index contributed by atoms with van der Waals surface area (Å²) in [6, 6.07) is 3.21. The number of benzene rings is 1. The summed E-state index contributed by atoms with van der Waals surface area (Å²) in [5.74, 6) is 0.356. The van der Waals surface area contributed by atoms with Crippen LogP contribution < -0.4 is 14.8 Å². The highest BCUT2D eigenvalue weighted by molar-refractivity contribution is 6.32. The van der Waals surface area contributed by atoms with Crippen molar-refractivity contribution in [2.45, 2.75) is 19.8 Å². The number of ether oxygens (including phenoxy) is 3. The average Bonchev–Trinajstić information content (AvgIpc) is 2.62. The first kappa shape index (κ1) is 20.3. The Hall–Kier alpha value is -1.99. The summed E-state index contributed by atoms with van der Waals surface area (Å²) in [6.07, 6.45) is 1.65. The van der Waals surface area contributed by atoms with Crippen molar-refractivity contribution < 1.29 is 23.8 Å². The van der Waals surface area contributed by atoms with Crippen molar-refractivity contribution in [3.05, 3.63) is 17.2 Å². The summed E-state index contributed by atoms with van der Waals surface area (Å²) in [6.45, 7) is 3.63. The SMILES string of the molecule is CCOC(=O)C1CCCN(CC(=O)Nc2cc(Cl)c(OC)cc2OC)C1. The van der Waals surface area contributed by atoms with Crippen LogP contribution in [-0.2, 0) is 14.3 Å². The van der Waals surface area contributed by atoms with Crippen LogP contribution in [0.1, 0.15) is 19.8 Å². The number of methoxy groups -OCH3 is 2. The number of hydrogen-bond donors (Lipinski definition) is 1. The van der Waals surface area contributed by atoms with E-state index in [1.807, 2.05) is 4.90 Å². The lowest BCUT2D eigenvalue weighted by molar-refractivity contribution is -0.150. The maximum atomic E-state index is 12.4. The van der Waals surface area contributed by atoms with Crippen molar-refractivity contribution in [2.24, 2.45) is 5.92 Å². The standard InChI is InChI=1S/C18H25ClN2O5/c1-4-26-18(23)12-6-5-7-21(10-12)11-17(22)20-14-8-13(19)15(24-2)9-16(14)25-3/h8-9,12H,4-7,10-11H2,1-3H3,(H,20,22). The molecular formula is C18H25ClN2O5. The zero-order valence-electron chi connectivity index (χ0n) is 15.3. The molecule has 1 N–H and O–H groups in total. The van der Waals surface area contributed by atoms with Gasteiger partial charge in [-0.2, -0.15) is 0 Å². The van der Waals surface area contributed by atoms with E-state index in [1.165, 1.54) is 14.2 Å². The number of piperidine rings is 1. The van der Waals surface area contributed by atoms with Crippen LogP contribution in [0.5, 0.6) is 11.5 Å². The molecule has 0 aliphatic carbocycles. The van der Waals surface area contributed by atoms with Gasteiger partial charge >= 0.3 is 5.97 Å². The van der Waals surface area contributed by atoms with Crippen molar-refractivity contribution in [2.75, 3.05) is 45.8 Å². The summed E-state index contributed by atoms with van der Waals surface area (Å²) in [7, 11) is 3.02. The number of likely N-dealkylation sites (tertiary alicyclic amines) is 1. The second-order valence-corrected chi connectivity index (χ2v) is 6.47. The topological polar surface area (TPSA) is 77.1 Å². The molecule has 8 heteroatoms. The molecule has 1 atom stereocenters. The number of amides is 1. The van der Waals surface area contributed by atoms with Crippen molar-refractivity contribution in [1.29, 1.82) is 0 Å². The molecule has 2 rings (SSSR count). The minimum atomic E-state index is -0.200. The normalized spacial score (nSPS) is 17.5. The van der Waals surface area contributed by atoms with Gasteiger partial charge in [0.05, 0.1) is 44.0 Å². The number of carbonyl (C=O) groups is 2. The lowest BCUT2D eigenvalue weighted by atomic mass is 9.98. The van der Waals surface area contributed by atoms with Gasteiger partial charge in [0.2, 0.25) is 5.91 Å². The van der Waals surface area contributed by atoms with E-state index >= 15 is 0 Å². The Balaban J connectivity index is 1.98. The summed E-state index contributed by atoms with van der Waals surface area (Å²) in [4.78, 5) is 26.3. The molecule has 0 spiro atoms. The van der Waals surface area contributed by atoms with E-state index in [1.54, 1.807) is 19.1 Å². The van der Waals surface area contributed by atoms with Gasteiger partial charge in [-0.25, -0.2) is 0 Å². The first-order valence-electron chi connectivity index (χ1n) is 8.58. The fraction of sp³-hybridized carbons (Fsp3) is 0.556. The highest BCUT2D eigenvalue weighted by atomic mass is 35.5. The first-order valence-corrected chi connectivity index (χ1v) is 8.96. The van der Waals surface area contributed by atoms with Gasteiger partial charge < -0.3 is 19.5 Å². The first-order chi connectivity index (χ1) is 12.5. The molecule has 1 aromatic carbocycles. The molecule has 144 valence electrons. The van der Waals surface area contributed by atoms with Gasteiger partial charge in [-0.3, -0.25) is 14.5 Å². The number of rotatable bonds is 7. The highest BCUT2D eigenvalue weighted by Crippen LogP contribution is 2.35. The Bertz CT molecular complexity index is 653. The Morgan fingerprint density at radius 2 is 2.00 bits per heavy atom. The van der Waals surface area contributed by atoms with Gasteiger partial charge in [0, 0.05) is 12.6 Å². The summed E-state index contributed by atoms with van der Waals surface area (Å²) in [5.41, 5.74) is 0.474. The van der Waals surface area contributed by atoms with Crippen LogP contribution in [0.15, 0.2) is 12.1 Å². The van der Waals surface area contributed by atoms with E-state index in [9.17, 15) is 9.59 Å². The van der Waals surface area contributed by atoms with E-state index in [0.29, 0.717) is 35.4 Å². The highest BCUT2D eigenvalue weighted by Gasteiger charge is 2.28. The summed E-state index contributed by atoms with van der Waals surface area (Å²) >= 11 is 6.12. The third-order valence-corrected chi connectivity index (χ3v) is 4.54. The fourth-order valence-electron chi connectivity index (χ4n) is 3.00. The van der Waals surface area contributed by atoms with E-state index in [0.717, 1.165) is 19.4 Å². The third kappa shape index (κ3) is 5.25. The molecule has 0 bridgehead atoms. The second kappa shape index (κ2) is 9.64. The summed E-state index contributed by atoms with van der Waals surface area (Å²) in [5, 5.41) is 3.19. The zero-order chi connectivity index (χ0) is 19.1. The summed E-state index contributed by atoms with van der Waals surface area (Å²) < 4.78 is 15.5. The van der Waals surface area contributed by atoms with Crippen LogP contribution in [0.3, 0.4) is 0 Å².